The normalized spacial score (nSPS) is 10.6. The zero-order chi connectivity index (χ0) is 9.97. The van der Waals surface area contributed by atoms with Gasteiger partial charge in [-0.3, -0.25) is 4.79 Å². The predicted octanol–water partition coefficient (Wildman–Crippen LogP) is 3.60. The molecule has 0 aliphatic carbocycles. The number of carbonyl (C=O) groups is 1. The number of hydrogen-bond donors (Lipinski definition) is 0. The summed E-state index contributed by atoms with van der Waals surface area (Å²) in [7, 11) is 0. The van der Waals surface area contributed by atoms with Crippen LogP contribution in [-0.4, -0.2) is 5.24 Å². The van der Waals surface area contributed by atoms with Gasteiger partial charge >= 0.3 is 0 Å². The average molecular weight is 225 g/mol. The van der Waals surface area contributed by atoms with E-state index < -0.39 is 0 Å². The van der Waals surface area contributed by atoms with Gasteiger partial charge < -0.3 is 0 Å². The minimum atomic E-state index is -0.264. The van der Waals surface area contributed by atoms with E-state index in [1.165, 1.54) is 15.6 Å². The van der Waals surface area contributed by atoms with Crippen LogP contribution in [-0.2, 0) is 11.2 Å². The van der Waals surface area contributed by atoms with Gasteiger partial charge in [-0.25, -0.2) is 0 Å². The number of carbonyl (C=O) groups excluding carboxylic acids is 1. The van der Waals surface area contributed by atoms with E-state index in [4.69, 9.17) is 11.6 Å². The van der Waals surface area contributed by atoms with Gasteiger partial charge in [-0.05, 0) is 40.4 Å². The molecule has 1 heterocycles. The molecule has 1 aromatic heterocycles. The second kappa shape index (κ2) is 4.11. The lowest BCUT2D eigenvalue weighted by molar-refractivity contribution is -0.111. The fourth-order valence-electron chi connectivity index (χ4n) is 1.46. The van der Waals surface area contributed by atoms with E-state index in [-0.39, 0.29) is 5.24 Å². The maximum atomic E-state index is 10.6. The van der Waals surface area contributed by atoms with Gasteiger partial charge in [-0.2, -0.15) is 0 Å². The number of rotatable bonds is 3. The molecule has 0 amide bonds. The smallest absolute Gasteiger partial charge is 0.221 e. The summed E-state index contributed by atoms with van der Waals surface area (Å²) >= 11 is 7.02. The lowest BCUT2D eigenvalue weighted by atomic mass is 10.1. The molecule has 1 aromatic carbocycles. The van der Waals surface area contributed by atoms with Gasteiger partial charge in [-0.1, -0.05) is 18.2 Å². The van der Waals surface area contributed by atoms with E-state index >= 15 is 0 Å². The molecule has 0 spiro atoms. The van der Waals surface area contributed by atoms with Crippen molar-refractivity contribution in [1.82, 2.24) is 0 Å². The van der Waals surface area contributed by atoms with E-state index in [2.05, 4.69) is 17.5 Å². The topological polar surface area (TPSA) is 17.1 Å². The van der Waals surface area contributed by atoms with Crippen molar-refractivity contribution in [1.29, 1.82) is 0 Å². The lowest BCUT2D eigenvalue weighted by Crippen LogP contribution is -1.89. The Morgan fingerprint density at radius 3 is 2.93 bits per heavy atom. The van der Waals surface area contributed by atoms with Crippen molar-refractivity contribution < 1.29 is 4.79 Å². The summed E-state index contributed by atoms with van der Waals surface area (Å²) in [6.07, 6.45) is 1.16. The molecular weight excluding hydrogens is 216 g/mol. The van der Waals surface area contributed by atoms with Crippen molar-refractivity contribution in [3.63, 3.8) is 0 Å². The molecule has 0 aliphatic rings. The van der Waals surface area contributed by atoms with Crippen molar-refractivity contribution in [3.05, 3.63) is 35.2 Å². The third-order valence-corrected chi connectivity index (χ3v) is 3.35. The molecule has 0 bridgehead atoms. The monoisotopic (exact) mass is 224 g/mol. The minimum absolute atomic E-state index is 0.264. The summed E-state index contributed by atoms with van der Waals surface area (Å²) in [6, 6.07) is 8.21. The number of fused-ring (bicyclic) bond motifs is 1. The number of thiophene rings is 1. The SMILES string of the molecule is O=C(Cl)CCc1csc2ccccc12. The van der Waals surface area contributed by atoms with E-state index in [9.17, 15) is 4.79 Å². The van der Waals surface area contributed by atoms with E-state index in [1.54, 1.807) is 11.3 Å². The highest BCUT2D eigenvalue weighted by molar-refractivity contribution is 7.17. The van der Waals surface area contributed by atoms with Crippen LogP contribution in [0.1, 0.15) is 12.0 Å². The van der Waals surface area contributed by atoms with Crippen LogP contribution in [0.2, 0.25) is 0 Å². The first-order valence-electron chi connectivity index (χ1n) is 4.41. The van der Waals surface area contributed by atoms with Crippen LogP contribution in [0, 0.1) is 0 Å². The summed E-state index contributed by atoms with van der Waals surface area (Å²) in [5.74, 6) is 0. The van der Waals surface area contributed by atoms with Crippen LogP contribution in [0.15, 0.2) is 29.6 Å². The Balaban J connectivity index is 2.29. The molecule has 0 aliphatic heterocycles. The first kappa shape index (κ1) is 9.69. The Labute approximate surface area is 91.3 Å². The van der Waals surface area contributed by atoms with Gasteiger partial charge in [0.15, 0.2) is 0 Å². The number of aryl methyl sites for hydroxylation is 1. The molecule has 0 radical (unpaired) electrons. The number of hydrogen-bond acceptors (Lipinski definition) is 2. The summed E-state index contributed by atoms with van der Waals surface area (Å²) in [6.45, 7) is 0. The zero-order valence-electron chi connectivity index (χ0n) is 7.50. The summed E-state index contributed by atoms with van der Waals surface area (Å²) in [4.78, 5) is 10.6. The molecule has 0 saturated carbocycles. The molecule has 72 valence electrons. The Morgan fingerprint density at radius 2 is 2.14 bits per heavy atom. The van der Waals surface area contributed by atoms with Crippen molar-refractivity contribution in [2.45, 2.75) is 12.8 Å². The van der Waals surface area contributed by atoms with Crippen molar-refractivity contribution in [2.75, 3.05) is 0 Å². The first-order valence-corrected chi connectivity index (χ1v) is 5.66. The van der Waals surface area contributed by atoms with Gasteiger partial charge in [0.2, 0.25) is 5.24 Å². The van der Waals surface area contributed by atoms with Crippen LogP contribution < -0.4 is 0 Å². The standard InChI is InChI=1S/C11H9ClOS/c12-11(13)6-5-8-7-14-10-4-2-1-3-9(8)10/h1-4,7H,5-6H2. The predicted molar refractivity (Wildman–Crippen MR) is 61.0 cm³/mol. The van der Waals surface area contributed by atoms with E-state index in [1.807, 2.05) is 12.1 Å². The van der Waals surface area contributed by atoms with Crippen molar-refractivity contribution in [2.24, 2.45) is 0 Å². The molecule has 0 N–H and O–H groups in total. The molecular formula is C11H9ClOS. The highest BCUT2D eigenvalue weighted by Crippen LogP contribution is 2.26. The summed E-state index contributed by atoms with van der Waals surface area (Å²) in [5, 5.41) is 3.08. The van der Waals surface area contributed by atoms with Crippen LogP contribution in [0.3, 0.4) is 0 Å². The van der Waals surface area contributed by atoms with Gasteiger partial charge in [0.05, 0.1) is 0 Å². The van der Waals surface area contributed by atoms with Crippen LogP contribution >= 0.6 is 22.9 Å². The minimum Gasteiger partial charge on any atom is -0.281 e. The molecule has 1 nitrogen and oxygen atoms in total. The Bertz CT molecular complexity index is 461. The molecule has 2 rings (SSSR count). The Hall–Kier alpha value is -0.860. The second-order valence-corrected chi connectivity index (χ2v) is 4.45. The van der Waals surface area contributed by atoms with Crippen LogP contribution in [0.25, 0.3) is 10.1 Å². The van der Waals surface area contributed by atoms with Crippen molar-refractivity contribution in [3.8, 4) is 0 Å². The third kappa shape index (κ3) is 1.97. The average Bonchev–Trinajstić information content (AvgIpc) is 2.58. The Kier molecular flexibility index (Phi) is 2.85. The zero-order valence-corrected chi connectivity index (χ0v) is 9.07. The fraction of sp³-hybridized carbons (Fsp3) is 0.182. The molecule has 0 saturated heterocycles. The van der Waals surface area contributed by atoms with Gasteiger partial charge in [0.1, 0.15) is 0 Å². The molecule has 0 atom stereocenters. The summed E-state index contributed by atoms with van der Waals surface area (Å²) < 4.78 is 1.27. The van der Waals surface area contributed by atoms with Gasteiger partial charge in [0, 0.05) is 11.1 Å². The molecule has 3 heteroatoms. The maximum Gasteiger partial charge on any atom is 0.221 e. The largest absolute Gasteiger partial charge is 0.281 e. The number of halogens is 1. The highest BCUT2D eigenvalue weighted by Gasteiger charge is 2.04. The van der Waals surface area contributed by atoms with Gasteiger partial charge in [-0.15, -0.1) is 11.3 Å². The highest BCUT2D eigenvalue weighted by atomic mass is 35.5. The third-order valence-electron chi connectivity index (χ3n) is 2.15. The van der Waals surface area contributed by atoms with Crippen molar-refractivity contribution >= 4 is 38.3 Å². The van der Waals surface area contributed by atoms with Crippen LogP contribution in [0.5, 0.6) is 0 Å². The molecule has 0 fully saturated rings. The number of benzene rings is 1. The molecule has 0 unspecified atom stereocenters. The van der Waals surface area contributed by atoms with Crippen LogP contribution in [0.4, 0.5) is 0 Å². The Morgan fingerprint density at radius 1 is 1.36 bits per heavy atom. The molecule has 2 aromatic rings. The quantitative estimate of drug-likeness (QED) is 0.729. The second-order valence-electron chi connectivity index (χ2n) is 3.11. The summed E-state index contributed by atoms with van der Waals surface area (Å²) in [5.41, 5.74) is 1.22. The van der Waals surface area contributed by atoms with E-state index in [0.29, 0.717) is 6.42 Å². The molecule has 14 heavy (non-hydrogen) atoms. The fourth-order valence-corrected chi connectivity index (χ4v) is 2.55. The lowest BCUT2D eigenvalue weighted by Gasteiger charge is -1.95. The maximum absolute atomic E-state index is 10.6. The van der Waals surface area contributed by atoms with E-state index in [0.717, 1.165) is 6.42 Å². The van der Waals surface area contributed by atoms with Gasteiger partial charge in [0.25, 0.3) is 0 Å². The first-order chi connectivity index (χ1) is 6.77.